The normalized spacial score (nSPS) is 13.1. The zero-order valence-corrected chi connectivity index (χ0v) is 24.6. The highest BCUT2D eigenvalue weighted by Crippen LogP contribution is 2.44. The zero-order chi connectivity index (χ0) is 29.4. The Morgan fingerprint density at radius 2 is 1.48 bits per heavy atom. The number of aryl methyl sites for hydroxylation is 1. The monoisotopic (exact) mass is 578 g/mol. The molecule has 9 nitrogen and oxygen atoms in total. The highest BCUT2D eigenvalue weighted by atomic mass is 16.5. The Morgan fingerprint density at radius 1 is 0.881 bits per heavy atom. The van der Waals surface area contributed by atoms with Crippen LogP contribution in [0.4, 0.5) is 4.79 Å². The second kappa shape index (κ2) is 17.6. The summed E-state index contributed by atoms with van der Waals surface area (Å²) >= 11 is 0. The lowest BCUT2D eigenvalue weighted by Gasteiger charge is -2.14. The Balaban J connectivity index is 1.01. The molecule has 1 amide bonds. The maximum absolute atomic E-state index is 12.4. The first-order valence-corrected chi connectivity index (χ1v) is 15.5. The molecular weight excluding hydrogens is 532 g/mol. The number of fused-ring (bicyclic) bond motifs is 3. The van der Waals surface area contributed by atoms with Gasteiger partial charge < -0.3 is 25.0 Å². The van der Waals surface area contributed by atoms with E-state index >= 15 is 0 Å². The van der Waals surface area contributed by atoms with E-state index in [1.807, 2.05) is 35.1 Å². The van der Waals surface area contributed by atoms with Gasteiger partial charge in [0.05, 0.1) is 26.0 Å². The van der Waals surface area contributed by atoms with Crippen LogP contribution in [0.5, 0.6) is 0 Å². The Kier molecular flexibility index (Phi) is 13.3. The van der Waals surface area contributed by atoms with Crippen molar-refractivity contribution < 1.29 is 24.5 Å². The molecule has 1 unspecified atom stereocenters. The largest absolute Gasteiger partial charge is 0.449 e. The second-order valence-electron chi connectivity index (χ2n) is 11.1. The summed E-state index contributed by atoms with van der Waals surface area (Å²) in [6.07, 6.45) is 12.6. The van der Waals surface area contributed by atoms with Crippen LogP contribution in [-0.2, 0) is 22.6 Å². The molecule has 0 saturated heterocycles. The van der Waals surface area contributed by atoms with E-state index in [0.717, 1.165) is 31.5 Å². The number of ether oxygens (including phenoxy) is 2. The molecule has 0 bridgehead atoms. The minimum absolute atomic E-state index is 0.0420. The predicted octanol–water partition coefficient (Wildman–Crippen LogP) is 5.59. The first-order chi connectivity index (χ1) is 20.7. The Hall–Kier alpha value is -3.27. The SMILES string of the molecule is O=C(NCc1cn(CCCCCCCCCCCCOCC(O)CO)nn1)OCC1c2ccccc2-c2ccccc21. The number of hydrogen-bond acceptors (Lipinski definition) is 7. The van der Waals surface area contributed by atoms with Crippen molar-refractivity contribution in [2.75, 3.05) is 26.4 Å². The van der Waals surface area contributed by atoms with Crippen molar-refractivity contribution in [2.45, 2.75) is 89.3 Å². The average molecular weight is 579 g/mol. The van der Waals surface area contributed by atoms with E-state index in [4.69, 9.17) is 14.6 Å². The van der Waals surface area contributed by atoms with Crippen LogP contribution in [0.3, 0.4) is 0 Å². The van der Waals surface area contributed by atoms with Gasteiger partial charge in [-0.05, 0) is 35.1 Å². The summed E-state index contributed by atoms with van der Waals surface area (Å²) in [6.45, 7) is 2.04. The Bertz CT molecular complexity index is 1170. The molecule has 1 aliphatic rings. The standard InChI is InChI=1S/C33H46N4O5/c38-23-27(39)24-41-20-14-8-6-4-2-1-3-5-7-13-19-37-22-26(35-36-37)21-34-33(40)42-25-32-30-17-11-9-15-28(30)29-16-10-12-18-31(29)32/h9-12,15-18,22,27,32,38-39H,1-8,13-14,19-21,23-25H2,(H,34,40). The van der Waals surface area contributed by atoms with Gasteiger partial charge in [-0.1, -0.05) is 105 Å². The topological polar surface area (TPSA) is 119 Å². The van der Waals surface area contributed by atoms with Gasteiger partial charge in [0.25, 0.3) is 0 Å². The fourth-order valence-corrected chi connectivity index (χ4v) is 5.51. The summed E-state index contributed by atoms with van der Waals surface area (Å²) in [6, 6.07) is 16.6. The van der Waals surface area contributed by atoms with Crippen molar-refractivity contribution in [2.24, 2.45) is 0 Å². The van der Waals surface area contributed by atoms with Crippen molar-refractivity contribution in [1.82, 2.24) is 20.3 Å². The van der Waals surface area contributed by atoms with Crippen LogP contribution in [0, 0.1) is 0 Å². The van der Waals surface area contributed by atoms with Gasteiger partial charge in [-0.2, -0.15) is 0 Å². The van der Waals surface area contributed by atoms with E-state index in [1.165, 1.54) is 67.2 Å². The Labute approximate surface area is 249 Å². The first-order valence-electron chi connectivity index (χ1n) is 15.5. The molecule has 0 fully saturated rings. The molecule has 0 spiro atoms. The molecular formula is C33H46N4O5. The van der Waals surface area contributed by atoms with Crippen molar-refractivity contribution >= 4 is 6.09 Å². The number of aromatic nitrogens is 3. The highest BCUT2D eigenvalue weighted by Gasteiger charge is 2.29. The third-order valence-corrected chi connectivity index (χ3v) is 7.79. The number of unbranched alkanes of at least 4 members (excludes halogenated alkanes) is 9. The van der Waals surface area contributed by atoms with Crippen LogP contribution in [0.2, 0.25) is 0 Å². The molecule has 3 N–H and O–H groups in total. The number of carbonyl (C=O) groups excluding carboxylic acids is 1. The third kappa shape index (κ3) is 9.93. The van der Waals surface area contributed by atoms with Gasteiger partial charge in [-0.25, -0.2) is 4.79 Å². The lowest BCUT2D eigenvalue weighted by atomic mass is 9.98. The number of carbonyl (C=O) groups is 1. The third-order valence-electron chi connectivity index (χ3n) is 7.79. The predicted molar refractivity (Wildman–Crippen MR) is 162 cm³/mol. The molecule has 9 heteroatoms. The fraction of sp³-hybridized carbons (Fsp3) is 0.545. The van der Waals surface area contributed by atoms with E-state index in [-0.39, 0.29) is 25.7 Å². The molecule has 1 aliphatic carbocycles. The maximum atomic E-state index is 12.4. The van der Waals surface area contributed by atoms with Crippen molar-refractivity contribution in [3.05, 3.63) is 71.5 Å². The van der Waals surface area contributed by atoms with Crippen molar-refractivity contribution in [3.8, 4) is 11.1 Å². The molecule has 228 valence electrons. The van der Waals surface area contributed by atoms with E-state index < -0.39 is 12.2 Å². The lowest BCUT2D eigenvalue weighted by molar-refractivity contribution is 0.00526. The number of aliphatic hydroxyl groups excluding tert-OH is 2. The summed E-state index contributed by atoms with van der Waals surface area (Å²) < 4.78 is 12.8. The summed E-state index contributed by atoms with van der Waals surface area (Å²) in [5.74, 6) is 0.0420. The molecule has 1 atom stereocenters. The molecule has 0 aliphatic heterocycles. The smallest absolute Gasteiger partial charge is 0.407 e. The fourth-order valence-electron chi connectivity index (χ4n) is 5.51. The van der Waals surface area contributed by atoms with Crippen LogP contribution in [0.15, 0.2) is 54.7 Å². The quantitative estimate of drug-likeness (QED) is 0.150. The zero-order valence-electron chi connectivity index (χ0n) is 24.6. The number of rotatable bonds is 20. The summed E-state index contributed by atoms with van der Waals surface area (Å²) in [5, 5.41) is 29.2. The second-order valence-corrected chi connectivity index (χ2v) is 11.1. The lowest BCUT2D eigenvalue weighted by Crippen LogP contribution is -2.25. The molecule has 2 aromatic carbocycles. The van der Waals surface area contributed by atoms with E-state index in [1.54, 1.807) is 0 Å². The minimum atomic E-state index is -0.759. The van der Waals surface area contributed by atoms with Crippen molar-refractivity contribution in [1.29, 1.82) is 0 Å². The number of aliphatic hydroxyl groups is 2. The molecule has 1 heterocycles. The van der Waals surface area contributed by atoms with Crippen molar-refractivity contribution in [3.63, 3.8) is 0 Å². The summed E-state index contributed by atoms with van der Waals surface area (Å²) in [4.78, 5) is 12.4. The molecule has 1 aromatic heterocycles. The molecule has 42 heavy (non-hydrogen) atoms. The molecule has 4 rings (SSSR count). The minimum Gasteiger partial charge on any atom is -0.449 e. The van der Waals surface area contributed by atoms with Gasteiger partial charge in [0.1, 0.15) is 18.4 Å². The Morgan fingerprint density at radius 3 is 2.12 bits per heavy atom. The first kappa shape index (κ1) is 31.7. The van der Waals surface area contributed by atoms with Gasteiger partial charge >= 0.3 is 6.09 Å². The molecule has 0 radical (unpaired) electrons. The molecule has 0 saturated carbocycles. The van der Waals surface area contributed by atoms with Gasteiger partial charge in [0, 0.05) is 19.1 Å². The highest BCUT2D eigenvalue weighted by molar-refractivity contribution is 5.79. The maximum Gasteiger partial charge on any atom is 0.407 e. The van der Waals surface area contributed by atoms with E-state index in [2.05, 4.69) is 39.9 Å². The van der Waals surface area contributed by atoms with Crippen LogP contribution in [0.25, 0.3) is 11.1 Å². The van der Waals surface area contributed by atoms with E-state index in [0.29, 0.717) is 13.2 Å². The van der Waals surface area contributed by atoms with Gasteiger partial charge in [-0.15, -0.1) is 5.10 Å². The van der Waals surface area contributed by atoms with Crippen LogP contribution in [-0.4, -0.2) is 63.8 Å². The van der Waals surface area contributed by atoms with E-state index in [9.17, 15) is 9.90 Å². The van der Waals surface area contributed by atoms with Crippen LogP contribution in [0.1, 0.15) is 86.9 Å². The molecule has 3 aromatic rings. The summed E-state index contributed by atoms with van der Waals surface area (Å²) in [7, 11) is 0. The van der Waals surface area contributed by atoms with Gasteiger partial charge in [0.2, 0.25) is 0 Å². The van der Waals surface area contributed by atoms with Gasteiger partial charge in [-0.3, -0.25) is 4.68 Å². The number of hydrogen-bond donors (Lipinski definition) is 3. The average Bonchev–Trinajstić information content (AvgIpc) is 3.61. The number of alkyl carbamates (subject to hydrolysis) is 1. The van der Waals surface area contributed by atoms with Gasteiger partial charge in [0.15, 0.2) is 0 Å². The number of benzene rings is 2. The van der Waals surface area contributed by atoms with Crippen LogP contribution >= 0.6 is 0 Å². The number of amides is 1. The summed E-state index contributed by atoms with van der Waals surface area (Å²) in [5.41, 5.74) is 5.53. The number of nitrogens with zero attached hydrogens (tertiary/aromatic N) is 3. The number of nitrogens with one attached hydrogen (secondary N) is 1. The van der Waals surface area contributed by atoms with Crippen LogP contribution < -0.4 is 5.32 Å².